The largest absolute Gasteiger partial charge is 0.307 e. The molecule has 2 aliphatic rings. The van der Waals surface area contributed by atoms with E-state index in [-0.39, 0.29) is 6.23 Å². The van der Waals surface area contributed by atoms with Crippen molar-refractivity contribution in [3.63, 3.8) is 0 Å². The van der Waals surface area contributed by atoms with E-state index in [1.54, 1.807) is 0 Å². The van der Waals surface area contributed by atoms with Crippen LogP contribution in [0.15, 0.2) is 29.2 Å². The van der Waals surface area contributed by atoms with Crippen molar-refractivity contribution in [3.05, 3.63) is 29.8 Å². The monoisotopic (exact) mass is 307 g/mol. The molecule has 0 spiro atoms. The molecule has 1 fully saturated rings. The Balaban J connectivity index is 1.59. The molecule has 2 atom stereocenters. The van der Waals surface area contributed by atoms with Gasteiger partial charge in [0.15, 0.2) is 0 Å². The van der Waals surface area contributed by atoms with E-state index < -0.39 is 0 Å². The Morgan fingerprint density at radius 1 is 1.33 bits per heavy atom. The van der Waals surface area contributed by atoms with Crippen molar-refractivity contribution in [2.75, 3.05) is 27.2 Å². The summed E-state index contributed by atoms with van der Waals surface area (Å²) in [5, 5.41) is 0. The fourth-order valence-electron chi connectivity index (χ4n) is 2.60. The van der Waals surface area contributed by atoms with Gasteiger partial charge in [-0.1, -0.05) is 0 Å². The Kier molecular flexibility index (Phi) is 4.49. The maximum atomic E-state index is 5.28. The maximum Gasteiger partial charge on any atom is 0.307 e. The first-order valence-electron chi connectivity index (χ1n) is 7.37. The van der Waals surface area contributed by atoms with Crippen molar-refractivity contribution in [1.29, 1.82) is 0 Å². The van der Waals surface area contributed by atoms with E-state index in [1.807, 2.05) is 18.9 Å². The van der Waals surface area contributed by atoms with Crippen LogP contribution in [0.1, 0.15) is 18.9 Å². The van der Waals surface area contributed by atoms with Gasteiger partial charge in [0.25, 0.3) is 0 Å². The molecule has 0 amide bonds. The topological polar surface area (TPSA) is 41.7 Å². The lowest BCUT2D eigenvalue weighted by Crippen LogP contribution is -2.76. The number of benzene rings is 1. The van der Waals surface area contributed by atoms with Gasteiger partial charge in [-0.2, -0.15) is 0 Å². The van der Waals surface area contributed by atoms with Crippen LogP contribution in [0.2, 0.25) is 0 Å². The number of nitrogens with zero attached hydrogens (tertiary/aromatic N) is 2. The molecule has 21 heavy (non-hydrogen) atoms. The number of amidine groups is 1. The van der Waals surface area contributed by atoms with Crippen LogP contribution in [-0.2, 0) is 4.84 Å². The first-order valence-corrected chi connectivity index (χ1v) is 8.14. The van der Waals surface area contributed by atoms with Crippen LogP contribution >= 0.6 is 11.9 Å². The van der Waals surface area contributed by atoms with Crippen LogP contribution in [0.3, 0.4) is 0 Å². The van der Waals surface area contributed by atoms with E-state index in [2.05, 4.69) is 58.0 Å². The average molecular weight is 307 g/mol. The minimum Gasteiger partial charge on any atom is -0.305 e. The summed E-state index contributed by atoms with van der Waals surface area (Å²) in [6, 6.07) is 9.26. The second-order valence-corrected chi connectivity index (χ2v) is 6.96. The zero-order valence-electron chi connectivity index (χ0n) is 12.8. The number of hydroxylamine groups is 1. The molecule has 1 aromatic rings. The van der Waals surface area contributed by atoms with E-state index in [1.165, 1.54) is 11.3 Å². The summed E-state index contributed by atoms with van der Waals surface area (Å²) in [5.41, 5.74) is 4.04. The highest BCUT2D eigenvalue weighted by atomic mass is 32.2. The lowest BCUT2D eigenvalue weighted by atomic mass is 10.2. The van der Waals surface area contributed by atoms with E-state index in [0.717, 1.165) is 24.5 Å². The lowest BCUT2D eigenvalue weighted by molar-refractivity contribution is -0.535. The van der Waals surface area contributed by atoms with Gasteiger partial charge in [-0.25, -0.2) is 9.30 Å². The highest BCUT2D eigenvalue weighted by Gasteiger charge is 2.25. The third-order valence-electron chi connectivity index (χ3n) is 3.92. The SMILES string of the molecule is CC1[NH+]=C(c2ccc(SN3CC[C@@H](N(C)C)C3)cc2)NO1. The van der Waals surface area contributed by atoms with Crippen LogP contribution in [0.25, 0.3) is 0 Å². The smallest absolute Gasteiger partial charge is 0.305 e. The molecule has 2 heterocycles. The molecule has 2 N–H and O–H groups in total. The molecule has 6 heteroatoms. The number of nitrogens with one attached hydrogen (secondary N) is 2. The maximum absolute atomic E-state index is 5.28. The highest BCUT2D eigenvalue weighted by molar-refractivity contribution is 7.97. The van der Waals surface area contributed by atoms with E-state index in [4.69, 9.17) is 4.84 Å². The molecule has 3 rings (SSSR count). The Hall–Kier alpha value is -1.08. The van der Waals surface area contributed by atoms with Gasteiger partial charge in [0.05, 0.1) is 5.56 Å². The van der Waals surface area contributed by atoms with Crippen LogP contribution in [0, 0.1) is 0 Å². The predicted molar refractivity (Wildman–Crippen MR) is 84.7 cm³/mol. The zero-order valence-corrected chi connectivity index (χ0v) is 13.6. The fourth-order valence-corrected chi connectivity index (χ4v) is 3.60. The quantitative estimate of drug-likeness (QED) is 0.769. The molecule has 0 radical (unpaired) electrons. The number of rotatable bonds is 4. The molecular formula is C15H23N4OS+. The summed E-state index contributed by atoms with van der Waals surface area (Å²) in [7, 11) is 4.32. The second kappa shape index (κ2) is 6.36. The summed E-state index contributed by atoms with van der Waals surface area (Å²) >= 11 is 1.85. The Morgan fingerprint density at radius 2 is 2.10 bits per heavy atom. The summed E-state index contributed by atoms with van der Waals surface area (Å²) in [6.45, 7) is 4.26. The van der Waals surface area contributed by atoms with Gasteiger partial charge in [-0.15, -0.1) is 10.3 Å². The molecule has 1 saturated heterocycles. The van der Waals surface area contributed by atoms with Crippen molar-refractivity contribution in [1.82, 2.24) is 14.7 Å². The standard InChI is InChI=1S/C15H22N4OS/c1-11-16-15(17-20-11)12-4-6-14(7-5-12)21-19-9-8-13(10-19)18(2)3/h4-7,11,13H,8-10H2,1-3H3,(H,16,17)/p+1/t11?,13-/m1/s1. The molecule has 114 valence electrons. The van der Waals surface area contributed by atoms with Gasteiger partial charge >= 0.3 is 5.84 Å². The predicted octanol–water partition coefficient (Wildman–Crippen LogP) is 0.0376. The first kappa shape index (κ1) is 14.8. The van der Waals surface area contributed by atoms with Crippen molar-refractivity contribution in [3.8, 4) is 0 Å². The third kappa shape index (κ3) is 3.58. The van der Waals surface area contributed by atoms with Crippen LogP contribution in [0.4, 0.5) is 0 Å². The summed E-state index contributed by atoms with van der Waals surface area (Å²) in [5.74, 6) is 0.938. The lowest BCUT2D eigenvalue weighted by Gasteiger charge is -2.19. The minimum absolute atomic E-state index is 0.0154. The summed E-state index contributed by atoms with van der Waals surface area (Å²) < 4.78 is 2.45. The van der Waals surface area contributed by atoms with Crippen LogP contribution in [0.5, 0.6) is 0 Å². The highest BCUT2D eigenvalue weighted by Crippen LogP contribution is 2.28. The van der Waals surface area contributed by atoms with E-state index in [0.29, 0.717) is 6.04 Å². The van der Waals surface area contributed by atoms with E-state index >= 15 is 0 Å². The van der Waals surface area contributed by atoms with Crippen molar-refractivity contribution in [2.24, 2.45) is 0 Å². The van der Waals surface area contributed by atoms with Crippen molar-refractivity contribution < 1.29 is 9.83 Å². The van der Waals surface area contributed by atoms with Crippen LogP contribution in [-0.4, -0.2) is 54.5 Å². The van der Waals surface area contributed by atoms with E-state index in [9.17, 15) is 0 Å². The molecule has 1 unspecified atom stereocenters. The Bertz CT molecular complexity index is 517. The summed E-state index contributed by atoms with van der Waals surface area (Å²) in [4.78, 5) is 12.1. The normalized spacial score (nSPS) is 26.2. The summed E-state index contributed by atoms with van der Waals surface area (Å²) in [6.07, 6.45) is 1.26. The third-order valence-corrected chi connectivity index (χ3v) is 4.99. The molecule has 0 bridgehead atoms. The second-order valence-electron chi connectivity index (χ2n) is 5.79. The zero-order chi connectivity index (χ0) is 14.8. The van der Waals surface area contributed by atoms with Gasteiger partial charge in [0.2, 0.25) is 6.23 Å². The molecule has 1 aromatic carbocycles. The number of hydrogen-bond donors (Lipinski definition) is 2. The first-order chi connectivity index (χ1) is 10.1. The fraction of sp³-hybridized carbons (Fsp3) is 0.533. The molecule has 0 aromatic heterocycles. The Morgan fingerprint density at radius 3 is 2.67 bits per heavy atom. The molecule has 0 aliphatic carbocycles. The number of likely N-dealkylation sites (N-methyl/N-ethyl adjacent to an activating group) is 1. The van der Waals surface area contributed by atoms with Crippen LogP contribution < -0.4 is 10.5 Å². The Labute approximate surface area is 130 Å². The van der Waals surface area contributed by atoms with Gasteiger partial charge in [0.1, 0.15) is 0 Å². The molecule has 0 saturated carbocycles. The average Bonchev–Trinajstić information content (AvgIpc) is 3.09. The van der Waals surface area contributed by atoms with Gasteiger partial charge < -0.3 is 4.90 Å². The van der Waals surface area contributed by atoms with Gasteiger partial charge in [-0.05, 0) is 56.7 Å². The van der Waals surface area contributed by atoms with Gasteiger partial charge in [-0.3, -0.25) is 0 Å². The van der Waals surface area contributed by atoms with Crippen molar-refractivity contribution >= 4 is 17.8 Å². The number of hydrogen-bond acceptors (Lipinski definition) is 5. The molecule has 2 aliphatic heterocycles. The van der Waals surface area contributed by atoms with Crippen molar-refractivity contribution in [2.45, 2.75) is 30.5 Å². The minimum atomic E-state index is 0.0154. The molecular weight excluding hydrogens is 284 g/mol. The molecule has 5 nitrogen and oxygen atoms in total. The van der Waals surface area contributed by atoms with Gasteiger partial charge in [0, 0.05) is 31.0 Å².